The van der Waals surface area contributed by atoms with Crippen molar-refractivity contribution in [3.63, 3.8) is 0 Å². The minimum atomic E-state index is -0.0984. The van der Waals surface area contributed by atoms with Crippen molar-refractivity contribution in [2.45, 2.75) is 5.92 Å². The van der Waals surface area contributed by atoms with Gasteiger partial charge in [0.05, 0.1) is 7.11 Å². The molecule has 3 aromatic carbocycles. The van der Waals surface area contributed by atoms with Crippen molar-refractivity contribution in [3.8, 4) is 17.2 Å². The van der Waals surface area contributed by atoms with E-state index in [2.05, 4.69) is 24.3 Å². The van der Waals surface area contributed by atoms with Crippen LogP contribution in [0.4, 0.5) is 0 Å². The van der Waals surface area contributed by atoms with E-state index < -0.39 is 0 Å². The van der Waals surface area contributed by atoms with Gasteiger partial charge >= 0.3 is 0 Å². The number of fused-ring (bicyclic) bond motifs is 1. The molecule has 1 heterocycles. The van der Waals surface area contributed by atoms with Crippen molar-refractivity contribution >= 4 is 11.9 Å². The number of carbonyl (C=O) groups excluding carboxylic acids is 1. The monoisotopic (exact) mass is 398 g/mol. The molecule has 0 unspecified atom stereocenters. The molecule has 1 aliphatic heterocycles. The van der Waals surface area contributed by atoms with E-state index in [1.54, 1.807) is 7.11 Å². The highest BCUT2D eigenvalue weighted by molar-refractivity contribution is 6.01. The Balaban J connectivity index is 1.44. The standard InChI is InChI=1S/C26H22O4/c1-28-20-11-8-18(9-12-20)26(27)25-21(13-7-17-5-3-2-4-6-17)24(25)19-10-14-22-23(15-19)30-16-29-22/h2-15,21,24-25H,16H2,1H3/b13-7+/t21-,24+,25+/m0/s1. The molecule has 4 nitrogen and oxygen atoms in total. The van der Waals surface area contributed by atoms with Crippen LogP contribution in [-0.2, 0) is 0 Å². The third-order valence-corrected chi connectivity index (χ3v) is 5.84. The second-order valence-electron chi connectivity index (χ2n) is 7.60. The van der Waals surface area contributed by atoms with Crippen LogP contribution in [0.25, 0.3) is 6.08 Å². The number of rotatable bonds is 6. The lowest BCUT2D eigenvalue weighted by Crippen LogP contribution is -2.04. The number of hydrogen-bond donors (Lipinski definition) is 0. The summed E-state index contributed by atoms with van der Waals surface area (Å²) in [5, 5.41) is 0. The number of methoxy groups -OCH3 is 1. The van der Waals surface area contributed by atoms with Gasteiger partial charge in [0.15, 0.2) is 17.3 Å². The lowest BCUT2D eigenvalue weighted by Gasteiger charge is -2.04. The number of hydrogen-bond acceptors (Lipinski definition) is 4. The van der Waals surface area contributed by atoms with Crippen LogP contribution in [0.3, 0.4) is 0 Å². The van der Waals surface area contributed by atoms with Crippen LogP contribution in [-0.4, -0.2) is 19.7 Å². The molecule has 150 valence electrons. The third kappa shape index (κ3) is 3.45. The van der Waals surface area contributed by atoms with Gasteiger partial charge in [-0.25, -0.2) is 0 Å². The summed E-state index contributed by atoms with van der Waals surface area (Å²) in [5.74, 6) is 2.57. The Labute approximate surface area is 175 Å². The van der Waals surface area contributed by atoms with Crippen molar-refractivity contribution < 1.29 is 19.0 Å². The van der Waals surface area contributed by atoms with Gasteiger partial charge in [0.25, 0.3) is 0 Å². The van der Waals surface area contributed by atoms with Gasteiger partial charge in [0.2, 0.25) is 6.79 Å². The zero-order chi connectivity index (χ0) is 20.5. The third-order valence-electron chi connectivity index (χ3n) is 5.84. The lowest BCUT2D eigenvalue weighted by atomic mass is 10.0. The molecule has 0 aromatic heterocycles. The highest BCUT2D eigenvalue weighted by atomic mass is 16.7. The predicted molar refractivity (Wildman–Crippen MR) is 115 cm³/mol. The molecule has 30 heavy (non-hydrogen) atoms. The summed E-state index contributed by atoms with van der Waals surface area (Å²) < 4.78 is 16.2. The highest BCUT2D eigenvalue weighted by Gasteiger charge is 2.54. The Morgan fingerprint density at radius 1 is 0.967 bits per heavy atom. The molecule has 1 saturated carbocycles. The van der Waals surface area contributed by atoms with Crippen LogP contribution >= 0.6 is 0 Å². The molecule has 4 heteroatoms. The van der Waals surface area contributed by atoms with E-state index >= 15 is 0 Å². The maximum Gasteiger partial charge on any atom is 0.231 e. The fraction of sp³-hybridized carbons (Fsp3) is 0.192. The van der Waals surface area contributed by atoms with Crippen molar-refractivity contribution in [2.24, 2.45) is 11.8 Å². The minimum Gasteiger partial charge on any atom is -0.497 e. The molecule has 0 saturated heterocycles. The molecule has 0 bridgehead atoms. The second-order valence-corrected chi connectivity index (χ2v) is 7.60. The van der Waals surface area contributed by atoms with Gasteiger partial charge in [0, 0.05) is 17.4 Å². The summed E-state index contributed by atoms with van der Waals surface area (Å²) in [6.07, 6.45) is 4.27. The molecule has 3 atom stereocenters. The van der Waals surface area contributed by atoms with Crippen LogP contribution in [0.15, 0.2) is 78.9 Å². The van der Waals surface area contributed by atoms with E-state index in [0.29, 0.717) is 5.56 Å². The summed E-state index contributed by atoms with van der Waals surface area (Å²) in [5.41, 5.74) is 2.94. The summed E-state index contributed by atoms with van der Waals surface area (Å²) in [6.45, 7) is 0.245. The van der Waals surface area contributed by atoms with Gasteiger partial charge in [-0.1, -0.05) is 48.6 Å². The molecular weight excluding hydrogens is 376 g/mol. The van der Waals surface area contributed by atoms with E-state index in [9.17, 15) is 4.79 Å². The SMILES string of the molecule is COc1ccc(C(=O)[C@@H]2[C@@H](/C=C/c3ccccc3)[C@H]2c2ccc3c(c2)OCO3)cc1. The Hall–Kier alpha value is -3.53. The van der Waals surface area contributed by atoms with Gasteiger partial charge in [-0.05, 0) is 53.4 Å². The summed E-state index contributed by atoms with van der Waals surface area (Å²) in [7, 11) is 1.62. The van der Waals surface area contributed by atoms with Crippen LogP contribution < -0.4 is 14.2 Å². The molecule has 1 aliphatic carbocycles. The van der Waals surface area contributed by atoms with Gasteiger partial charge in [-0.15, -0.1) is 0 Å². The normalized spacial score (nSPS) is 21.6. The van der Waals surface area contributed by atoms with Crippen molar-refractivity contribution in [1.29, 1.82) is 0 Å². The Kier molecular flexibility index (Phi) is 4.75. The lowest BCUT2D eigenvalue weighted by molar-refractivity contribution is 0.0961. The van der Waals surface area contributed by atoms with E-state index in [-0.39, 0.29) is 30.3 Å². The van der Waals surface area contributed by atoms with E-state index in [0.717, 1.165) is 28.4 Å². The van der Waals surface area contributed by atoms with Crippen molar-refractivity contribution in [1.82, 2.24) is 0 Å². The maximum absolute atomic E-state index is 13.3. The predicted octanol–water partition coefficient (Wildman–Crippen LogP) is 5.35. The number of carbonyl (C=O) groups is 1. The fourth-order valence-electron chi connectivity index (χ4n) is 4.20. The number of ether oxygens (including phenoxy) is 3. The second kappa shape index (κ2) is 7.71. The van der Waals surface area contributed by atoms with Crippen LogP contribution in [0.2, 0.25) is 0 Å². The molecule has 0 amide bonds. The number of Topliss-reactive ketones (excluding diaryl/α,β-unsaturated/α-hetero) is 1. The van der Waals surface area contributed by atoms with E-state index in [1.165, 1.54) is 0 Å². The molecule has 5 rings (SSSR count). The molecular formula is C26H22O4. The Morgan fingerprint density at radius 3 is 2.50 bits per heavy atom. The zero-order valence-corrected chi connectivity index (χ0v) is 16.7. The van der Waals surface area contributed by atoms with Crippen LogP contribution in [0.5, 0.6) is 17.2 Å². The largest absolute Gasteiger partial charge is 0.497 e. The van der Waals surface area contributed by atoms with Crippen molar-refractivity contribution in [2.75, 3.05) is 13.9 Å². The first-order valence-electron chi connectivity index (χ1n) is 10.1. The van der Waals surface area contributed by atoms with Crippen LogP contribution in [0, 0.1) is 11.8 Å². The number of ketones is 1. The average Bonchev–Trinajstić information content (AvgIpc) is 3.33. The topological polar surface area (TPSA) is 44.8 Å². The molecule has 3 aromatic rings. The number of allylic oxidation sites excluding steroid dienone is 1. The minimum absolute atomic E-state index is 0.0984. The maximum atomic E-state index is 13.3. The van der Waals surface area contributed by atoms with Gasteiger partial charge in [0.1, 0.15) is 5.75 Å². The quantitative estimate of drug-likeness (QED) is 0.525. The summed E-state index contributed by atoms with van der Waals surface area (Å²) >= 11 is 0. The molecule has 1 fully saturated rings. The van der Waals surface area contributed by atoms with Gasteiger partial charge in [-0.3, -0.25) is 4.79 Å². The average molecular weight is 398 g/mol. The fourth-order valence-corrected chi connectivity index (χ4v) is 4.20. The molecule has 0 N–H and O–H groups in total. The summed E-state index contributed by atoms with van der Waals surface area (Å²) in [4.78, 5) is 13.3. The summed E-state index contributed by atoms with van der Waals surface area (Å²) in [6, 6.07) is 23.5. The first-order chi connectivity index (χ1) is 14.7. The smallest absolute Gasteiger partial charge is 0.231 e. The first kappa shape index (κ1) is 18.5. The first-order valence-corrected chi connectivity index (χ1v) is 10.1. The Morgan fingerprint density at radius 2 is 1.73 bits per heavy atom. The van der Waals surface area contributed by atoms with Crippen molar-refractivity contribution in [3.05, 3.63) is 95.6 Å². The van der Waals surface area contributed by atoms with E-state index in [1.807, 2.05) is 60.7 Å². The highest BCUT2D eigenvalue weighted by Crippen LogP contribution is 2.57. The van der Waals surface area contributed by atoms with Gasteiger partial charge in [-0.2, -0.15) is 0 Å². The van der Waals surface area contributed by atoms with E-state index in [4.69, 9.17) is 14.2 Å². The Bertz CT molecular complexity index is 1090. The molecule has 2 aliphatic rings. The molecule has 0 radical (unpaired) electrons. The molecule has 0 spiro atoms. The van der Waals surface area contributed by atoms with Crippen LogP contribution in [0.1, 0.15) is 27.4 Å². The van der Waals surface area contributed by atoms with Gasteiger partial charge < -0.3 is 14.2 Å². The zero-order valence-electron chi connectivity index (χ0n) is 16.7. The number of benzene rings is 3.